The lowest BCUT2D eigenvalue weighted by Gasteiger charge is -2.15. The first kappa shape index (κ1) is 46.3. The van der Waals surface area contributed by atoms with E-state index in [1.54, 1.807) is 0 Å². The van der Waals surface area contributed by atoms with Crippen LogP contribution in [0, 0.1) is 0 Å². The van der Waals surface area contributed by atoms with Crippen LogP contribution in [-0.2, 0) is 14.3 Å². The van der Waals surface area contributed by atoms with Gasteiger partial charge in [-0.15, -0.1) is 0 Å². The molecule has 278 valence electrons. The second-order valence-corrected chi connectivity index (χ2v) is 12.6. The number of carbonyl (C=O) groups excluding carboxylic acids is 1. The molecular weight excluding hydrogens is 604 g/mol. The molecule has 0 radical (unpaired) electrons. The molecule has 0 saturated heterocycles. The molecule has 0 aromatic heterocycles. The maximum Gasteiger partial charge on any atom is 0.306 e. The van der Waals surface area contributed by atoms with Gasteiger partial charge in [0.1, 0.15) is 6.10 Å². The van der Waals surface area contributed by atoms with Crippen LogP contribution < -0.4 is 0 Å². The summed E-state index contributed by atoms with van der Waals surface area (Å²) < 4.78 is 11.1. The van der Waals surface area contributed by atoms with E-state index in [2.05, 4.69) is 111 Å². The van der Waals surface area contributed by atoms with Crippen molar-refractivity contribution in [1.82, 2.24) is 0 Å². The highest BCUT2D eigenvalue weighted by molar-refractivity contribution is 5.69. The SMILES string of the molecule is CC/C=C\C/C=C\C/C=C\C/C=C\C/C=C\C/C=C\CCCCC(=O)OC(CO)COCCCCCCCC/C=C\C/C=C\CCCCC. The van der Waals surface area contributed by atoms with Gasteiger partial charge in [0.15, 0.2) is 0 Å². The van der Waals surface area contributed by atoms with Crippen LogP contribution >= 0.6 is 0 Å². The van der Waals surface area contributed by atoms with Crippen molar-refractivity contribution < 1.29 is 19.4 Å². The van der Waals surface area contributed by atoms with Gasteiger partial charge in [-0.05, 0) is 96.3 Å². The van der Waals surface area contributed by atoms with Gasteiger partial charge in [-0.25, -0.2) is 0 Å². The van der Waals surface area contributed by atoms with Crippen molar-refractivity contribution in [2.45, 2.75) is 161 Å². The van der Waals surface area contributed by atoms with E-state index in [-0.39, 0.29) is 19.2 Å². The van der Waals surface area contributed by atoms with E-state index in [4.69, 9.17) is 9.47 Å². The number of unbranched alkanes of at least 4 members (excludes halogenated alkanes) is 11. The molecule has 49 heavy (non-hydrogen) atoms. The summed E-state index contributed by atoms with van der Waals surface area (Å²) in [6, 6.07) is 0. The fourth-order valence-electron chi connectivity index (χ4n) is 4.95. The molecule has 0 spiro atoms. The van der Waals surface area contributed by atoms with Gasteiger partial charge in [0.2, 0.25) is 0 Å². The van der Waals surface area contributed by atoms with Crippen LogP contribution in [0.1, 0.15) is 155 Å². The summed E-state index contributed by atoms with van der Waals surface area (Å²) in [7, 11) is 0. The molecule has 0 rings (SSSR count). The van der Waals surface area contributed by atoms with Gasteiger partial charge in [-0.3, -0.25) is 4.79 Å². The van der Waals surface area contributed by atoms with Crippen molar-refractivity contribution >= 4 is 5.97 Å². The number of carbonyl (C=O) groups is 1. The first-order valence-corrected chi connectivity index (χ1v) is 19.8. The zero-order chi connectivity index (χ0) is 35.6. The van der Waals surface area contributed by atoms with E-state index < -0.39 is 6.10 Å². The maximum atomic E-state index is 12.2. The van der Waals surface area contributed by atoms with Crippen molar-refractivity contribution in [1.29, 1.82) is 0 Å². The molecule has 1 atom stereocenters. The third-order valence-electron chi connectivity index (χ3n) is 7.89. The smallest absolute Gasteiger partial charge is 0.306 e. The number of hydrogen-bond donors (Lipinski definition) is 1. The van der Waals surface area contributed by atoms with Crippen molar-refractivity contribution in [2.24, 2.45) is 0 Å². The third kappa shape index (κ3) is 39.6. The van der Waals surface area contributed by atoms with E-state index in [1.807, 2.05) is 0 Å². The molecular formula is C45H74O4. The fourth-order valence-corrected chi connectivity index (χ4v) is 4.95. The average molecular weight is 679 g/mol. The van der Waals surface area contributed by atoms with Crippen LogP contribution in [0.2, 0.25) is 0 Å². The van der Waals surface area contributed by atoms with E-state index in [0.717, 1.165) is 77.0 Å². The molecule has 4 heteroatoms. The van der Waals surface area contributed by atoms with Crippen LogP contribution in [-0.4, -0.2) is 37.0 Å². The van der Waals surface area contributed by atoms with E-state index in [0.29, 0.717) is 13.0 Å². The minimum atomic E-state index is -0.569. The van der Waals surface area contributed by atoms with Crippen LogP contribution in [0.4, 0.5) is 0 Å². The highest BCUT2D eigenvalue weighted by Crippen LogP contribution is 2.09. The molecule has 1 unspecified atom stereocenters. The largest absolute Gasteiger partial charge is 0.457 e. The zero-order valence-electron chi connectivity index (χ0n) is 31.7. The van der Waals surface area contributed by atoms with Crippen LogP contribution in [0.5, 0.6) is 0 Å². The molecule has 0 bridgehead atoms. The van der Waals surface area contributed by atoms with Gasteiger partial charge in [0.25, 0.3) is 0 Å². The Morgan fingerprint density at radius 2 is 0.918 bits per heavy atom. The third-order valence-corrected chi connectivity index (χ3v) is 7.89. The van der Waals surface area contributed by atoms with Gasteiger partial charge < -0.3 is 14.6 Å². The van der Waals surface area contributed by atoms with Crippen molar-refractivity contribution in [2.75, 3.05) is 19.8 Å². The number of allylic oxidation sites excluding steroid dienone is 16. The maximum absolute atomic E-state index is 12.2. The molecule has 0 aliphatic rings. The first-order valence-electron chi connectivity index (χ1n) is 19.8. The lowest BCUT2D eigenvalue weighted by atomic mass is 10.1. The summed E-state index contributed by atoms with van der Waals surface area (Å²) in [5.74, 6) is -0.251. The molecule has 0 heterocycles. The minimum absolute atomic E-state index is 0.200. The number of rotatable bonds is 35. The number of aliphatic hydroxyl groups is 1. The van der Waals surface area contributed by atoms with E-state index in [1.165, 1.54) is 57.8 Å². The lowest BCUT2D eigenvalue weighted by molar-refractivity contribution is -0.154. The zero-order valence-corrected chi connectivity index (χ0v) is 31.7. The Kier molecular flexibility index (Phi) is 39.2. The van der Waals surface area contributed by atoms with Crippen LogP contribution in [0.15, 0.2) is 97.2 Å². The predicted molar refractivity (Wildman–Crippen MR) is 214 cm³/mol. The molecule has 0 aromatic carbocycles. The van der Waals surface area contributed by atoms with Crippen molar-refractivity contribution in [3.05, 3.63) is 97.2 Å². The number of hydrogen-bond acceptors (Lipinski definition) is 4. The molecule has 0 aliphatic carbocycles. The fraction of sp³-hybridized carbons (Fsp3) is 0.622. The van der Waals surface area contributed by atoms with Gasteiger partial charge in [0, 0.05) is 13.0 Å². The van der Waals surface area contributed by atoms with E-state index >= 15 is 0 Å². The Morgan fingerprint density at radius 3 is 1.39 bits per heavy atom. The molecule has 0 saturated carbocycles. The molecule has 4 nitrogen and oxygen atoms in total. The summed E-state index contributed by atoms with van der Waals surface area (Å²) in [5, 5.41) is 9.58. The van der Waals surface area contributed by atoms with Gasteiger partial charge in [0.05, 0.1) is 13.2 Å². The van der Waals surface area contributed by atoms with Gasteiger partial charge in [-0.1, -0.05) is 150 Å². The monoisotopic (exact) mass is 679 g/mol. The van der Waals surface area contributed by atoms with Crippen molar-refractivity contribution in [3.63, 3.8) is 0 Å². The van der Waals surface area contributed by atoms with Crippen molar-refractivity contribution in [3.8, 4) is 0 Å². The molecule has 0 aliphatic heterocycles. The second kappa shape index (κ2) is 41.5. The molecule has 0 amide bonds. The summed E-state index contributed by atoms with van der Waals surface area (Å²) in [4.78, 5) is 12.2. The molecule has 0 aromatic rings. The Hall–Kier alpha value is -2.69. The van der Waals surface area contributed by atoms with E-state index in [9.17, 15) is 9.90 Å². The summed E-state index contributed by atoms with van der Waals surface area (Å²) in [6.07, 6.45) is 58.8. The number of esters is 1. The lowest BCUT2D eigenvalue weighted by Crippen LogP contribution is -2.27. The van der Waals surface area contributed by atoms with Crippen LogP contribution in [0.25, 0.3) is 0 Å². The predicted octanol–water partition coefficient (Wildman–Crippen LogP) is 13.0. The van der Waals surface area contributed by atoms with Gasteiger partial charge >= 0.3 is 5.97 Å². The summed E-state index contributed by atoms with van der Waals surface area (Å²) >= 11 is 0. The number of aliphatic hydroxyl groups excluding tert-OH is 1. The quantitative estimate of drug-likeness (QED) is 0.0412. The topological polar surface area (TPSA) is 55.8 Å². The average Bonchev–Trinajstić information content (AvgIpc) is 3.11. The Bertz CT molecular complexity index is 934. The summed E-state index contributed by atoms with van der Waals surface area (Å²) in [6.45, 7) is 5.11. The highest BCUT2D eigenvalue weighted by atomic mass is 16.6. The molecule has 0 fully saturated rings. The first-order chi connectivity index (χ1) is 24.2. The summed E-state index contributed by atoms with van der Waals surface area (Å²) in [5.41, 5.74) is 0. The number of ether oxygens (including phenoxy) is 2. The van der Waals surface area contributed by atoms with Crippen LogP contribution in [0.3, 0.4) is 0 Å². The normalized spacial score (nSPS) is 13.4. The minimum Gasteiger partial charge on any atom is -0.457 e. The standard InChI is InChI=1S/C45H74O4/c1-3-5-7-9-11-13-15-17-19-21-22-23-24-25-26-28-30-32-34-36-38-40-45(47)49-44(42-46)43-48-41-39-37-35-33-31-29-27-20-18-16-14-12-10-8-6-4-2/h5,7,11-14,17-20,22-23,25-26,30,32,44,46H,3-4,6,8-10,15-16,21,24,27-29,31,33-43H2,1-2H3/b7-5-,13-11-,14-12-,19-17-,20-18-,23-22-,26-25-,32-30-. The Balaban J connectivity index is 3.62. The highest BCUT2D eigenvalue weighted by Gasteiger charge is 2.13. The second-order valence-electron chi connectivity index (χ2n) is 12.6. The Morgan fingerprint density at radius 1 is 0.510 bits per heavy atom. The van der Waals surface area contributed by atoms with Gasteiger partial charge in [-0.2, -0.15) is 0 Å². The Labute approximate surface area is 302 Å². The molecule has 1 N–H and O–H groups in total.